The van der Waals surface area contributed by atoms with Gasteiger partial charge in [-0.2, -0.15) is 13.2 Å². The fraction of sp³-hybridized carbons (Fsp3) is 0.235. The number of nitrogens with one attached hydrogen (secondary N) is 1. The third kappa shape index (κ3) is 4.41. The molecule has 4 nitrogen and oxygen atoms in total. The summed E-state index contributed by atoms with van der Waals surface area (Å²) in [6.07, 6.45) is -3.83. The van der Waals surface area contributed by atoms with E-state index in [2.05, 4.69) is 10.1 Å². The summed E-state index contributed by atoms with van der Waals surface area (Å²) < 4.78 is 42.0. The number of ether oxygens (including phenoxy) is 1. The van der Waals surface area contributed by atoms with Crippen LogP contribution in [0.15, 0.2) is 42.5 Å². The third-order valence-corrected chi connectivity index (χ3v) is 3.43. The fourth-order valence-corrected chi connectivity index (χ4v) is 2.13. The predicted octanol–water partition coefficient (Wildman–Crippen LogP) is 3.85. The SMILES string of the molecule is COC(=O)c1cc(NCCc2ccc(C(F)(F)F)cc2)ccc1O. The Morgan fingerprint density at radius 3 is 2.42 bits per heavy atom. The molecule has 0 heterocycles. The van der Waals surface area contributed by atoms with Gasteiger partial charge in [0.2, 0.25) is 0 Å². The molecule has 0 aliphatic rings. The van der Waals surface area contributed by atoms with Crippen LogP contribution in [-0.2, 0) is 17.3 Å². The molecule has 0 aromatic heterocycles. The highest BCUT2D eigenvalue weighted by molar-refractivity contribution is 5.93. The van der Waals surface area contributed by atoms with E-state index in [1.165, 1.54) is 31.4 Å². The van der Waals surface area contributed by atoms with E-state index in [4.69, 9.17) is 0 Å². The van der Waals surface area contributed by atoms with Crippen molar-refractivity contribution in [3.8, 4) is 5.75 Å². The average molecular weight is 339 g/mol. The van der Waals surface area contributed by atoms with E-state index in [0.29, 0.717) is 18.7 Å². The molecule has 0 amide bonds. The molecule has 0 spiro atoms. The number of aromatic hydroxyl groups is 1. The number of halogens is 3. The number of carbonyl (C=O) groups is 1. The van der Waals surface area contributed by atoms with Gasteiger partial charge in [0.1, 0.15) is 11.3 Å². The first-order chi connectivity index (χ1) is 11.3. The molecule has 0 atom stereocenters. The Kier molecular flexibility index (Phi) is 5.33. The van der Waals surface area contributed by atoms with Crippen molar-refractivity contribution < 1.29 is 27.8 Å². The molecule has 128 valence electrons. The highest BCUT2D eigenvalue weighted by Gasteiger charge is 2.29. The van der Waals surface area contributed by atoms with Gasteiger partial charge in [-0.1, -0.05) is 12.1 Å². The first-order valence-electron chi connectivity index (χ1n) is 7.12. The molecule has 0 bridgehead atoms. The molecule has 0 aliphatic heterocycles. The van der Waals surface area contributed by atoms with Crippen molar-refractivity contribution >= 4 is 11.7 Å². The van der Waals surface area contributed by atoms with Gasteiger partial charge in [0.25, 0.3) is 0 Å². The molecule has 24 heavy (non-hydrogen) atoms. The lowest BCUT2D eigenvalue weighted by atomic mass is 10.1. The molecule has 0 saturated carbocycles. The van der Waals surface area contributed by atoms with Gasteiger partial charge in [0, 0.05) is 12.2 Å². The Morgan fingerprint density at radius 1 is 1.17 bits per heavy atom. The van der Waals surface area contributed by atoms with E-state index in [9.17, 15) is 23.1 Å². The molecule has 2 aromatic carbocycles. The number of carbonyl (C=O) groups excluding carboxylic acids is 1. The lowest BCUT2D eigenvalue weighted by molar-refractivity contribution is -0.137. The first kappa shape index (κ1) is 17.7. The minimum atomic E-state index is -4.34. The number of alkyl halides is 3. The zero-order valence-corrected chi connectivity index (χ0v) is 12.9. The second-order valence-corrected chi connectivity index (χ2v) is 5.09. The van der Waals surface area contributed by atoms with Gasteiger partial charge in [-0.25, -0.2) is 4.79 Å². The average Bonchev–Trinajstić information content (AvgIpc) is 2.55. The summed E-state index contributed by atoms with van der Waals surface area (Å²) in [5.41, 5.74) is 0.708. The van der Waals surface area contributed by atoms with E-state index < -0.39 is 17.7 Å². The normalized spacial score (nSPS) is 11.2. The topological polar surface area (TPSA) is 58.6 Å². The van der Waals surface area contributed by atoms with Gasteiger partial charge in [-0.3, -0.25) is 0 Å². The number of esters is 1. The smallest absolute Gasteiger partial charge is 0.416 e. The highest BCUT2D eigenvalue weighted by atomic mass is 19.4. The third-order valence-electron chi connectivity index (χ3n) is 3.43. The fourth-order valence-electron chi connectivity index (χ4n) is 2.13. The summed E-state index contributed by atoms with van der Waals surface area (Å²) >= 11 is 0. The summed E-state index contributed by atoms with van der Waals surface area (Å²) in [7, 11) is 1.21. The van der Waals surface area contributed by atoms with Crippen LogP contribution in [0.5, 0.6) is 5.75 Å². The second kappa shape index (κ2) is 7.25. The Balaban J connectivity index is 1.96. The minimum absolute atomic E-state index is 0.0389. The summed E-state index contributed by atoms with van der Waals surface area (Å²) in [6.45, 7) is 0.455. The molecule has 0 fully saturated rings. The van der Waals surface area contributed by atoms with Crippen LogP contribution >= 0.6 is 0 Å². The predicted molar refractivity (Wildman–Crippen MR) is 83.1 cm³/mol. The molecule has 2 rings (SSSR count). The maximum Gasteiger partial charge on any atom is 0.416 e. The van der Waals surface area contributed by atoms with Crippen molar-refractivity contribution in [1.82, 2.24) is 0 Å². The van der Waals surface area contributed by atoms with E-state index in [-0.39, 0.29) is 11.3 Å². The summed E-state index contributed by atoms with van der Waals surface area (Å²) in [5.74, 6) is -0.839. The minimum Gasteiger partial charge on any atom is -0.507 e. The van der Waals surface area contributed by atoms with Crippen molar-refractivity contribution in [1.29, 1.82) is 0 Å². The maximum atomic E-state index is 12.5. The lowest BCUT2D eigenvalue weighted by Crippen LogP contribution is -2.08. The molecule has 0 unspecified atom stereocenters. The Labute approximate surface area is 136 Å². The van der Waals surface area contributed by atoms with Crippen LogP contribution in [0.2, 0.25) is 0 Å². The van der Waals surface area contributed by atoms with E-state index >= 15 is 0 Å². The molecule has 0 radical (unpaired) electrons. The number of phenolic OH excluding ortho intramolecular Hbond substituents is 1. The first-order valence-corrected chi connectivity index (χ1v) is 7.12. The van der Waals surface area contributed by atoms with Crippen molar-refractivity contribution in [3.05, 3.63) is 59.2 Å². The van der Waals surface area contributed by atoms with Gasteiger partial charge in [-0.15, -0.1) is 0 Å². The van der Waals surface area contributed by atoms with Crippen LogP contribution in [0.3, 0.4) is 0 Å². The second-order valence-electron chi connectivity index (χ2n) is 5.09. The van der Waals surface area contributed by atoms with E-state index in [0.717, 1.165) is 17.7 Å². The summed E-state index contributed by atoms with van der Waals surface area (Å²) in [4.78, 5) is 11.5. The monoisotopic (exact) mass is 339 g/mol. The van der Waals surface area contributed by atoms with Gasteiger partial charge >= 0.3 is 12.1 Å². The Morgan fingerprint density at radius 2 is 1.83 bits per heavy atom. The maximum absolute atomic E-state index is 12.5. The molecule has 2 aromatic rings. The van der Waals surface area contributed by atoms with Gasteiger partial charge < -0.3 is 15.2 Å². The standard InChI is InChI=1S/C17H16F3NO3/c1-24-16(23)14-10-13(6-7-15(14)22)21-9-8-11-2-4-12(5-3-11)17(18,19)20/h2-7,10,21-22H,8-9H2,1H3. The molecule has 0 aliphatic carbocycles. The number of benzene rings is 2. The van der Waals surface area contributed by atoms with Crippen LogP contribution in [0, 0.1) is 0 Å². The van der Waals surface area contributed by atoms with Crippen LogP contribution in [-0.4, -0.2) is 24.7 Å². The number of rotatable bonds is 5. The van der Waals surface area contributed by atoms with Crippen LogP contribution in [0.25, 0.3) is 0 Å². The largest absolute Gasteiger partial charge is 0.507 e. The van der Waals surface area contributed by atoms with E-state index in [1.807, 2.05) is 0 Å². The Hall–Kier alpha value is -2.70. The quantitative estimate of drug-likeness (QED) is 0.642. The van der Waals surface area contributed by atoms with Gasteiger partial charge in [0.05, 0.1) is 12.7 Å². The van der Waals surface area contributed by atoms with Gasteiger partial charge in [0.15, 0.2) is 0 Å². The number of hydrogen-bond acceptors (Lipinski definition) is 4. The molecule has 0 saturated heterocycles. The molecule has 2 N–H and O–H groups in total. The van der Waals surface area contributed by atoms with Crippen molar-refractivity contribution in [2.45, 2.75) is 12.6 Å². The molecular weight excluding hydrogens is 323 g/mol. The summed E-state index contributed by atoms with van der Waals surface area (Å²) in [5, 5.41) is 12.7. The highest BCUT2D eigenvalue weighted by Crippen LogP contribution is 2.29. The number of methoxy groups -OCH3 is 1. The molecule has 7 heteroatoms. The van der Waals surface area contributed by atoms with Crippen molar-refractivity contribution in [2.24, 2.45) is 0 Å². The summed E-state index contributed by atoms with van der Waals surface area (Å²) in [6, 6.07) is 9.37. The number of hydrogen-bond donors (Lipinski definition) is 2. The molecular formula is C17H16F3NO3. The number of anilines is 1. The van der Waals surface area contributed by atoms with Gasteiger partial charge in [-0.05, 0) is 42.3 Å². The van der Waals surface area contributed by atoms with Crippen LogP contribution < -0.4 is 5.32 Å². The van der Waals surface area contributed by atoms with Crippen molar-refractivity contribution in [2.75, 3.05) is 19.0 Å². The zero-order chi connectivity index (χ0) is 17.7. The van der Waals surface area contributed by atoms with Crippen LogP contribution in [0.1, 0.15) is 21.5 Å². The Bertz CT molecular complexity index is 712. The van der Waals surface area contributed by atoms with Crippen molar-refractivity contribution in [3.63, 3.8) is 0 Å². The lowest BCUT2D eigenvalue weighted by Gasteiger charge is -2.10. The number of phenols is 1. The van der Waals surface area contributed by atoms with E-state index in [1.54, 1.807) is 6.07 Å². The van der Waals surface area contributed by atoms with Crippen LogP contribution in [0.4, 0.5) is 18.9 Å². The zero-order valence-electron chi connectivity index (χ0n) is 12.9.